The molecule has 0 saturated heterocycles. The summed E-state index contributed by atoms with van der Waals surface area (Å²) >= 11 is 0. The number of hydrogen-bond donors (Lipinski definition) is 14. The molecule has 436 valence electrons. The molecule has 25 N–H and O–H groups in total. The molecule has 72 heavy (non-hydrogen) atoms. The highest BCUT2D eigenvalue weighted by Gasteiger charge is 2.23. The summed E-state index contributed by atoms with van der Waals surface area (Å²) in [5.74, 6) is 5.03. The largest absolute Gasteiger partial charge is 0.384 e. The van der Waals surface area contributed by atoms with E-state index in [9.17, 15) is 0 Å². The van der Waals surface area contributed by atoms with Gasteiger partial charge in [-0.2, -0.15) is 0 Å². The predicted octanol–water partition coefficient (Wildman–Crippen LogP) is 5.83. The minimum atomic E-state index is 0.0463. The molecule has 9 atom stereocenters. The van der Waals surface area contributed by atoms with Crippen molar-refractivity contribution in [1.82, 2.24) is 16.0 Å². The third-order valence-electron chi connectivity index (χ3n) is 10.9. The number of guanidine groups is 3. The van der Waals surface area contributed by atoms with Crippen LogP contribution in [0.5, 0.6) is 0 Å². The van der Waals surface area contributed by atoms with Crippen molar-refractivity contribution in [2.24, 2.45) is 102 Å². The molecule has 0 spiro atoms. The molecule has 1 saturated carbocycles. The zero-order chi connectivity index (χ0) is 58.0. The first-order chi connectivity index (χ1) is 33.7. The van der Waals surface area contributed by atoms with Crippen molar-refractivity contribution < 1.29 is 4.74 Å². The molecule has 1 aromatic carbocycles. The number of methoxy groups -OCH3 is 1. The molecule has 9 unspecified atom stereocenters. The van der Waals surface area contributed by atoms with Crippen LogP contribution in [0, 0.1) is 23.7 Å². The molecule has 1 aliphatic rings. The zero-order valence-corrected chi connectivity index (χ0v) is 50.8. The zero-order valence-electron chi connectivity index (χ0n) is 50.8. The number of aliphatic imine (C=N–C) groups is 3. The highest BCUT2D eigenvalue weighted by molar-refractivity contribution is 5.96. The van der Waals surface area contributed by atoms with E-state index in [1.54, 1.807) is 35.3 Å². The molecule has 18 nitrogen and oxygen atoms in total. The van der Waals surface area contributed by atoms with Crippen LogP contribution in [0.2, 0.25) is 0 Å². The Balaban J connectivity index is -0.000000107. The maximum absolute atomic E-state index is 5.61. The van der Waals surface area contributed by atoms with Crippen LogP contribution in [-0.2, 0) is 11.3 Å². The lowest BCUT2D eigenvalue weighted by molar-refractivity contribution is 0.162. The minimum Gasteiger partial charge on any atom is -0.384 e. The summed E-state index contributed by atoms with van der Waals surface area (Å²) in [5.41, 5.74) is 61.3. The van der Waals surface area contributed by atoms with Crippen LogP contribution in [0.15, 0.2) is 39.2 Å². The summed E-state index contributed by atoms with van der Waals surface area (Å²) in [6.45, 7) is 33.5. The van der Waals surface area contributed by atoms with E-state index < -0.39 is 0 Å². The molecule has 18 heteroatoms. The van der Waals surface area contributed by atoms with Crippen LogP contribution in [0.25, 0.3) is 0 Å². The van der Waals surface area contributed by atoms with Crippen molar-refractivity contribution in [1.29, 1.82) is 0 Å². The van der Waals surface area contributed by atoms with E-state index in [-0.39, 0.29) is 30.0 Å². The lowest BCUT2D eigenvalue weighted by atomic mass is 9.92. The molecular weight excluding hydrogens is 903 g/mol. The molecule has 1 fully saturated rings. The van der Waals surface area contributed by atoms with E-state index in [0.717, 1.165) is 44.4 Å². The van der Waals surface area contributed by atoms with Crippen molar-refractivity contribution in [2.45, 2.75) is 204 Å². The second-order valence-corrected chi connectivity index (χ2v) is 18.7. The van der Waals surface area contributed by atoms with Crippen LogP contribution >= 0.6 is 0 Å². The van der Waals surface area contributed by atoms with Gasteiger partial charge in [0.2, 0.25) is 0 Å². The Hall–Kier alpha value is -3.17. The predicted molar refractivity (Wildman–Crippen MR) is 325 cm³/mol. The summed E-state index contributed by atoms with van der Waals surface area (Å²) in [4.78, 5) is 10.8. The summed E-state index contributed by atoms with van der Waals surface area (Å²) in [7, 11) is 10.1. The number of benzene rings is 1. The Morgan fingerprint density at radius 2 is 1.06 bits per heavy atom. The highest BCUT2D eigenvalue weighted by atomic mass is 16.5. The van der Waals surface area contributed by atoms with Crippen molar-refractivity contribution >= 4 is 17.9 Å². The summed E-state index contributed by atoms with van der Waals surface area (Å²) in [6, 6.07) is 9.55. The fraction of sp³-hybridized carbons (Fsp3) is 0.833. The second kappa shape index (κ2) is 65.8. The number of ether oxygens (including phenoxy) is 1. The quantitative estimate of drug-likeness (QED) is 0.0684. The van der Waals surface area contributed by atoms with Crippen LogP contribution < -0.4 is 79.0 Å². The van der Waals surface area contributed by atoms with E-state index in [4.69, 9.17) is 67.8 Å². The lowest BCUT2D eigenvalue weighted by Crippen LogP contribution is -2.42. The average Bonchev–Trinajstić information content (AvgIpc) is 3.85. The maximum Gasteiger partial charge on any atom is 0.195 e. The van der Waals surface area contributed by atoms with E-state index in [1.165, 1.54) is 62.5 Å². The van der Waals surface area contributed by atoms with E-state index in [1.807, 2.05) is 41.7 Å². The van der Waals surface area contributed by atoms with Gasteiger partial charge >= 0.3 is 0 Å². The Morgan fingerprint density at radius 3 is 1.22 bits per heavy atom. The maximum atomic E-state index is 5.61. The smallest absolute Gasteiger partial charge is 0.195 e. The monoisotopic (exact) mass is 1030 g/mol. The number of nitrogens with one attached hydrogen (secondary N) is 3. The van der Waals surface area contributed by atoms with Gasteiger partial charge < -0.3 is 78.4 Å². The number of rotatable bonds is 16. The van der Waals surface area contributed by atoms with Gasteiger partial charge in [-0.05, 0) is 120 Å². The van der Waals surface area contributed by atoms with E-state index >= 15 is 0 Å². The van der Waals surface area contributed by atoms with Gasteiger partial charge in [-0.15, -0.1) is 0 Å². The molecule has 1 aromatic rings. The molecule has 0 aromatic heterocycles. The molecule has 0 amide bonds. The summed E-state index contributed by atoms with van der Waals surface area (Å²) in [6.07, 6.45) is 12.9. The summed E-state index contributed by atoms with van der Waals surface area (Å²) in [5, 5.41) is 8.19. The van der Waals surface area contributed by atoms with Gasteiger partial charge in [0, 0.05) is 72.6 Å². The van der Waals surface area contributed by atoms with E-state index in [2.05, 4.69) is 118 Å². The normalized spacial score (nSPS) is 16.5. The first kappa shape index (κ1) is 85.6. The standard InChI is InChI=1S/C11H17N.C9H18.C6H17N3.C5H13NO.C5H13N.C4H11N5.2C4H11N.C3H9N3.C3H9N/c1-3-9(2)11-6-4-10(8-12)5-7-11;1-3-8-6-5-7-9(8)4-2;1-4(7)3-6(9)5(2)8;1-5(3-6)4-7-2;1-3-5(2)4-6;1-7-3(5)9-4(6)8-2;1-3-4-5-2;1-3-4(2)5;1-5-3(4)6-2;1-3(2)4/h4-7,9H,3,8,12H2,1-2H3;8-9H,3-7H2,1-2H3;4-6H,3,7-9H2,1-2H3;5H,3-4,6H2,1-2H3;5H,3-4,6H2,1-2H3;1-2H3,(H5,5,6,7,8,9);5H,3-4H2,1-2H3;4H,3,5H2,1-2H3;1-2H3,(H3,4,5,6);3H,4H2,1-2H3. The SMILES string of the molecule is CC(C)N.CC(N)CC(N)C(C)N.CCC(C)CN.CCC(C)N.CCC(C)c1ccc(CN)cc1.CCC1CCCC1CC.CCCNC.CN=C(N)NC.CN=C(N)NC(N)=NC.COCC(C)CN. The van der Waals surface area contributed by atoms with Crippen LogP contribution in [0.4, 0.5) is 0 Å². The van der Waals surface area contributed by atoms with Crippen molar-refractivity contribution in [3.05, 3.63) is 35.4 Å². The average molecular weight is 1030 g/mol. The van der Waals surface area contributed by atoms with Crippen molar-refractivity contribution in [3.63, 3.8) is 0 Å². The highest BCUT2D eigenvalue weighted by Crippen LogP contribution is 2.35. The topological polar surface area (TPSA) is 369 Å². The third-order valence-corrected chi connectivity index (χ3v) is 10.9. The van der Waals surface area contributed by atoms with Gasteiger partial charge in [-0.1, -0.05) is 139 Å². The molecular formula is C54H129N17O. The number of nitrogens with zero attached hydrogens (tertiary/aromatic N) is 3. The van der Waals surface area contributed by atoms with Gasteiger partial charge in [0.25, 0.3) is 0 Å². The minimum absolute atomic E-state index is 0.0463. The molecule has 0 heterocycles. The Morgan fingerprint density at radius 1 is 0.639 bits per heavy atom. The first-order valence-electron chi connectivity index (χ1n) is 27.0. The summed E-state index contributed by atoms with van der Waals surface area (Å²) < 4.78 is 4.81. The fourth-order valence-corrected chi connectivity index (χ4v) is 5.17. The number of hydrogen-bond acceptors (Lipinski definition) is 13. The fourth-order valence-electron chi connectivity index (χ4n) is 5.17. The Labute approximate surface area is 446 Å². The molecule has 0 radical (unpaired) electrons. The molecule has 0 aliphatic heterocycles. The van der Waals surface area contributed by atoms with E-state index in [0.29, 0.717) is 48.9 Å². The van der Waals surface area contributed by atoms with Gasteiger partial charge in [0.15, 0.2) is 17.9 Å². The van der Waals surface area contributed by atoms with Gasteiger partial charge in [-0.3, -0.25) is 20.3 Å². The van der Waals surface area contributed by atoms with Crippen molar-refractivity contribution in [3.8, 4) is 0 Å². The molecule has 0 bridgehead atoms. The van der Waals surface area contributed by atoms with Gasteiger partial charge in [-0.25, -0.2) is 0 Å². The molecule has 1 aliphatic carbocycles. The van der Waals surface area contributed by atoms with Crippen LogP contribution in [-0.4, -0.2) is 117 Å². The van der Waals surface area contributed by atoms with Crippen LogP contribution in [0.3, 0.4) is 0 Å². The second-order valence-electron chi connectivity index (χ2n) is 18.7. The third kappa shape index (κ3) is 75.8. The van der Waals surface area contributed by atoms with Gasteiger partial charge in [0.1, 0.15) is 0 Å². The van der Waals surface area contributed by atoms with Gasteiger partial charge in [0.05, 0.1) is 0 Å². The number of nitrogens with two attached hydrogens (primary N) is 11. The van der Waals surface area contributed by atoms with Crippen LogP contribution in [0.1, 0.15) is 178 Å². The first-order valence-corrected chi connectivity index (χ1v) is 27.0. The van der Waals surface area contributed by atoms with Crippen molar-refractivity contribution in [2.75, 3.05) is 68.6 Å². The Kier molecular flexibility index (Phi) is 78.3. The lowest BCUT2D eigenvalue weighted by Gasteiger charge is -2.16. The Bertz CT molecular complexity index is 1210. The molecule has 2 rings (SSSR count).